The number of hydrogen-bond donors (Lipinski definition) is 2. The highest BCUT2D eigenvalue weighted by atomic mass is 127. The van der Waals surface area contributed by atoms with Gasteiger partial charge in [-0.3, -0.25) is 4.99 Å². The monoisotopic (exact) mass is 496 g/mol. The maximum absolute atomic E-state index is 11.0. The first-order valence-corrected chi connectivity index (χ1v) is 10.5. The SMILES string of the molecule is CCNC(=NCCCNS(C)(=O)=O)N1CCN(c2ccccn2)CC1.I. The third-order valence-corrected chi connectivity index (χ3v) is 4.58. The standard InChI is InChI=1S/C16H28N6O2S.HI/c1-3-17-16(19-9-6-10-20-25(2,23)24)22-13-11-21(12-14-22)15-7-4-5-8-18-15;/h4-5,7-8,20H,3,6,9-14H2,1-2H3,(H,17,19);1H. The number of rotatable bonds is 7. The van der Waals surface area contributed by atoms with E-state index in [-0.39, 0.29) is 24.0 Å². The summed E-state index contributed by atoms with van der Waals surface area (Å²) in [6, 6.07) is 5.96. The minimum Gasteiger partial charge on any atom is -0.357 e. The zero-order valence-corrected chi connectivity index (χ0v) is 18.5. The smallest absolute Gasteiger partial charge is 0.208 e. The summed E-state index contributed by atoms with van der Waals surface area (Å²) in [5, 5.41) is 3.32. The molecule has 1 fully saturated rings. The second-order valence-electron chi connectivity index (χ2n) is 5.92. The molecule has 26 heavy (non-hydrogen) atoms. The number of pyridine rings is 1. The number of anilines is 1. The molecule has 1 aromatic rings. The second kappa shape index (κ2) is 11.5. The summed E-state index contributed by atoms with van der Waals surface area (Å²) in [4.78, 5) is 13.5. The van der Waals surface area contributed by atoms with Gasteiger partial charge in [-0.05, 0) is 25.5 Å². The average Bonchev–Trinajstić information content (AvgIpc) is 2.60. The molecule has 0 aliphatic carbocycles. The quantitative estimate of drug-likeness (QED) is 0.251. The van der Waals surface area contributed by atoms with Gasteiger partial charge in [0, 0.05) is 52.0 Å². The molecule has 0 atom stereocenters. The summed E-state index contributed by atoms with van der Waals surface area (Å²) < 4.78 is 24.6. The fourth-order valence-electron chi connectivity index (χ4n) is 2.64. The van der Waals surface area contributed by atoms with Crippen molar-refractivity contribution in [3.63, 3.8) is 0 Å². The first-order chi connectivity index (χ1) is 12.0. The van der Waals surface area contributed by atoms with Crippen LogP contribution in [0.1, 0.15) is 13.3 Å². The van der Waals surface area contributed by atoms with E-state index in [0.717, 1.165) is 44.5 Å². The normalized spacial score (nSPS) is 15.5. The molecule has 0 unspecified atom stereocenters. The van der Waals surface area contributed by atoms with Gasteiger partial charge in [0.05, 0.1) is 6.26 Å². The van der Waals surface area contributed by atoms with E-state index in [1.54, 1.807) is 0 Å². The number of nitrogens with zero attached hydrogens (tertiary/aromatic N) is 4. The first-order valence-electron chi connectivity index (χ1n) is 8.63. The zero-order valence-electron chi connectivity index (χ0n) is 15.4. The second-order valence-corrected chi connectivity index (χ2v) is 7.75. The molecule has 2 N–H and O–H groups in total. The molecule has 10 heteroatoms. The van der Waals surface area contributed by atoms with Crippen molar-refractivity contribution in [2.45, 2.75) is 13.3 Å². The van der Waals surface area contributed by atoms with Crippen LogP contribution in [0.2, 0.25) is 0 Å². The lowest BCUT2D eigenvalue weighted by Gasteiger charge is -2.37. The lowest BCUT2D eigenvalue weighted by molar-refractivity contribution is 0.371. The van der Waals surface area contributed by atoms with Crippen molar-refractivity contribution < 1.29 is 8.42 Å². The number of piperazine rings is 1. The zero-order chi connectivity index (χ0) is 18.1. The van der Waals surface area contributed by atoms with Gasteiger partial charge in [0.15, 0.2) is 5.96 Å². The summed E-state index contributed by atoms with van der Waals surface area (Å²) in [5.74, 6) is 1.90. The minimum atomic E-state index is -3.12. The number of guanidine groups is 1. The predicted molar refractivity (Wildman–Crippen MR) is 117 cm³/mol. The van der Waals surface area contributed by atoms with Gasteiger partial charge in [-0.15, -0.1) is 24.0 Å². The van der Waals surface area contributed by atoms with Crippen LogP contribution < -0.4 is 14.9 Å². The maximum Gasteiger partial charge on any atom is 0.208 e. The van der Waals surface area contributed by atoms with E-state index < -0.39 is 10.0 Å². The van der Waals surface area contributed by atoms with Crippen LogP contribution in [-0.4, -0.2) is 76.3 Å². The van der Waals surface area contributed by atoms with Gasteiger partial charge >= 0.3 is 0 Å². The number of aliphatic imine (C=N–C) groups is 1. The summed E-state index contributed by atoms with van der Waals surface area (Å²) in [7, 11) is -3.12. The van der Waals surface area contributed by atoms with E-state index in [0.29, 0.717) is 19.5 Å². The van der Waals surface area contributed by atoms with E-state index in [1.165, 1.54) is 6.26 Å². The number of nitrogens with one attached hydrogen (secondary N) is 2. The highest BCUT2D eigenvalue weighted by molar-refractivity contribution is 14.0. The van der Waals surface area contributed by atoms with Crippen molar-refractivity contribution in [2.75, 3.05) is 57.0 Å². The maximum atomic E-state index is 11.0. The van der Waals surface area contributed by atoms with E-state index >= 15 is 0 Å². The molecule has 1 aliphatic heterocycles. The Labute approximate surface area is 173 Å². The van der Waals surface area contributed by atoms with Crippen molar-refractivity contribution in [3.8, 4) is 0 Å². The highest BCUT2D eigenvalue weighted by Gasteiger charge is 2.20. The van der Waals surface area contributed by atoms with Crippen LogP contribution in [0.4, 0.5) is 5.82 Å². The summed E-state index contributed by atoms with van der Waals surface area (Å²) in [5.41, 5.74) is 0. The third kappa shape index (κ3) is 8.04. The topological polar surface area (TPSA) is 89.9 Å². The van der Waals surface area contributed by atoms with Gasteiger partial charge in [-0.2, -0.15) is 0 Å². The van der Waals surface area contributed by atoms with Crippen LogP contribution >= 0.6 is 24.0 Å². The number of halogens is 1. The first kappa shape index (κ1) is 22.9. The van der Waals surface area contributed by atoms with Crippen LogP contribution in [0, 0.1) is 0 Å². The predicted octanol–water partition coefficient (Wildman–Crippen LogP) is 0.726. The van der Waals surface area contributed by atoms with E-state index in [4.69, 9.17) is 0 Å². The Bertz CT molecular complexity index is 648. The molecule has 0 spiro atoms. The molecule has 1 aliphatic rings. The van der Waals surface area contributed by atoms with Crippen LogP contribution in [0.3, 0.4) is 0 Å². The third-order valence-electron chi connectivity index (χ3n) is 3.85. The fraction of sp³-hybridized carbons (Fsp3) is 0.625. The Morgan fingerprint density at radius 2 is 2.00 bits per heavy atom. The van der Waals surface area contributed by atoms with Crippen LogP contribution in [-0.2, 0) is 10.0 Å². The Balaban J connectivity index is 0.00000338. The van der Waals surface area contributed by atoms with E-state index in [9.17, 15) is 8.42 Å². The Kier molecular flexibility index (Phi) is 10.2. The summed E-state index contributed by atoms with van der Waals surface area (Å²) >= 11 is 0. The Morgan fingerprint density at radius 3 is 2.58 bits per heavy atom. The number of sulfonamides is 1. The Morgan fingerprint density at radius 1 is 1.27 bits per heavy atom. The molecule has 8 nitrogen and oxygen atoms in total. The van der Waals surface area contributed by atoms with Gasteiger partial charge in [-0.25, -0.2) is 18.1 Å². The van der Waals surface area contributed by atoms with E-state index in [1.807, 2.05) is 31.3 Å². The van der Waals surface area contributed by atoms with E-state index in [2.05, 4.69) is 29.8 Å². The molecular formula is C16H29IN6O2S. The average molecular weight is 496 g/mol. The molecule has 148 valence electrons. The molecule has 0 saturated carbocycles. The van der Waals surface area contributed by atoms with Crippen molar-refractivity contribution in [2.24, 2.45) is 4.99 Å². The lowest BCUT2D eigenvalue weighted by Crippen LogP contribution is -2.52. The highest BCUT2D eigenvalue weighted by Crippen LogP contribution is 2.12. The number of hydrogen-bond acceptors (Lipinski definition) is 5. The number of aromatic nitrogens is 1. The molecule has 1 aromatic heterocycles. The van der Waals surface area contributed by atoms with Crippen molar-refractivity contribution in [3.05, 3.63) is 24.4 Å². The molecule has 2 rings (SSSR count). The molecule has 0 aromatic carbocycles. The van der Waals surface area contributed by atoms with Crippen molar-refractivity contribution in [1.82, 2.24) is 19.9 Å². The van der Waals surface area contributed by atoms with Gasteiger partial charge in [0.25, 0.3) is 0 Å². The molecular weight excluding hydrogens is 467 g/mol. The largest absolute Gasteiger partial charge is 0.357 e. The van der Waals surface area contributed by atoms with Crippen molar-refractivity contribution in [1.29, 1.82) is 0 Å². The molecule has 0 bridgehead atoms. The van der Waals surface area contributed by atoms with Crippen LogP contribution in [0.15, 0.2) is 29.4 Å². The molecule has 1 saturated heterocycles. The van der Waals surface area contributed by atoms with Gasteiger partial charge in [-0.1, -0.05) is 6.07 Å². The summed E-state index contributed by atoms with van der Waals surface area (Å²) in [6.45, 7) is 7.41. The molecule has 0 amide bonds. The van der Waals surface area contributed by atoms with Crippen molar-refractivity contribution >= 4 is 45.8 Å². The molecule has 0 radical (unpaired) electrons. The van der Waals surface area contributed by atoms with Gasteiger partial charge < -0.3 is 15.1 Å². The lowest BCUT2D eigenvalue weighted by atomic mass is 10.3. The van der Waals surface area contributed by atoms with Gasteiger partial charge in [0.1, 0.15) is 5.82 Å². The van der Waals surface area contributed by atoms with Gasteiger partial charge in [0.2, 0.25) is 10.0 Å². The Hall–Kier alpha value is -1.14. The molecule has 2 heterocycles. The summed E-state index contributed by atoms with van der Waals surface area (Å²) in [6.07, 6.45) is 3.66. The minimum absolute atomic E-state index is 0. The van der Waals surface area contributed by atoms with Crippen LogP contribution in [0.5, 0.6) is 0 Å². The fourth-order valence-corrected chi connectivity index (χ4v) is 3.15. The van der Waals surface area contributed by atoms with Crippen LogP contribution in [0.25, 0.3) is 0 Å².